The normalized spacial score (nSPS) is 13.4. The minimum atomic E-state index is 0.504. The first-order valence-corrected chi connectivity index (χ1v) is 11.3. The van der Waals surface area contributed by atoms with Gasteiger partial charge in [0.15, 0.2) is 0 Å². The van der Waals surface area contributed by atoms with Crippen molar-refractivity contribution in [2.75, 3.05) is 53.7 Å². The number of nitrogens with one attached hydrogen (secondary N) is 2. The highest BCUT2D eigenvalue weighted by Gasteiger charge is 2.21. The van der Waals surface area contributed by atoms with Crippen LogP contribution in [-0.4, -0.2) is 48.2 Å². The molecule has 0 bridgehead atoms. The molecule has 2 heterocycles. The maximum atomic E-state index is 5.38. The monoisotopic (exact) mass is 453 g/mol. The van der Waals surface area contributed by atoms with E-state index in [4.69, 9.17) is 14.7 Å². The van der Waals surface area contributed by atoms with Crippen LogP contribution in [0.15, 0.2) is 84.9 Å². The number of aromatic nitrogens is 3. The van der Waals surface area contributed by atoms with Crippen LogP contribution in [0.2, 0.25) is 0 Å². The fourth-order valence-corrected chi connectivity index (χ4v) is 3.89. The van der Waals surface area contributed by atoms with Crippen LogP contribution in [0.4, 0.5) is 34.9 Å². The van der Waals surface area contributed by atoms with E-state index in [9.17, 15) is 0 Å². The minimum Gasteiger partial charge on any atom is -0.497 e. The number of para-hydroxylation sites is 2. The SMILES string of the molecule is COc1cccc(N2CCN(c3nc(Nc4ccccc4)nc(Nc4ccccc4)n3)CC2)c1. The van der Waals surface area contributed by atoms with Gasteiger partial charge in [0.2, 0.25) is 17.8 Å². The van der Waals surface area contributed by atoms with Gasteiger partial charge in [0, 0.05) is 49.3 Å². The van der Waals surface area contributed by atoms with Gasteiger partial charge >= 0.3 is 0 Å². The molecule has 5 rings (SSSR count). The number of rotatable bonds is 7. The summed E-state index contributed by atoms with van der Waals surface area (Å²) in [4.78, 5) is 18.6. The lowest BCUT2D eigenvalue weighted by Crippen LogP contribution is -2.47. The molecule has 172 valence electrons. The molecule has 1 saturated heterocycles. The van der Waals surface area contributed by atoms with E-state index < -0.39 is 0 Å². The highest BCUT2D eigenvalue weighted by atomic mass is 16.5. The standard InChI is InChI=1S/C26H27N7O/c1-34-23-14-8-13-22(19-23)32-15-17-33(18-16-32)26-30-24(27-20-9-4-2-5-10-20)29-25(31-26)28-21-11-6-3-7-12-21/h2-14,19H,15-18H2,1H3,(H2,27,28,29,30,31). The Bertz CT molecular complexity index is 1150. The van der Waals surface area contributed by atoms with E-state index in [1.165, 1.54) is 0 Å². The quantitative estimate of drug-likeness (QED) is 0.417. The molecule has 1 aliphatic rings. The summed E-state index contributed by atoms with van der Waals surface area (Å²) in [5.41, 5.74) is 3.01. The Morgan fingerprint density at radius 3 is 1.76 bits per heavy atom. The van der Waals surface area contributed by atoms with Gasteiger partial charge in [0.1, 0.15) is 5.75 Å². The van der Waals surface area contributed by atoms with Gasteiger partial charge < -0.3 is 25.2 Å². The molecule has 0 saturated carbocycles. The van der Waals surface area contributed by atoms with Crippen LogP contribution >= 0.6 is 0 Å². The molecule has 34 heavy (non-hydrogen) atoms. The van der Waals surface area contributed by atoms with Gasteiger partial charge in [-0.3, -0.25) is 0 Å². The second-order valence-electron chi connectivity index (χ2n) is 7.94. The van der Waals surface area contributed by atoms with Crippen LogP contribution in [0.25, 0.3) is 0 Å². The molecule has 0 radical (unpaired) electrons. The Balaban J connectivity index is 1.36. The predicted molar refractivity (Wildman–Crippen MR) is 137 cm³/mol. The zero-order valence-corrected chi connectivity index (χ0v) is 19.1. The molecule has 1 fully saturated rings. The summed E-state index contributed by atoms with van der Waals surface area (Å²) in [6, 6.07) is 28.0. The zero-order chi connectivity index (χ0) is 23.2. The molecule has 1 aromatic heterocycles. The Labute approximate surface area is 199 Å². The molecule has 0 aliphatic carbocycles. The topological polar surface area (TPSA) is 78.4 Å². The summed E-state index contributed by atoms with van der Waals surface area (Å²) in [5.74, 6) is 2.53. The summed E-state index contributed by atoms with van der Waals surface area (Å²) in [7, 11) is 1.69. The van der Waals surface area contributed by atoms with Crippen LogP contribution in [-0.2, 0) is 0 Å². The van der Waals surface area contributed by atoms with Crippen LogP contribution in [0, 0.1) is 0 Å². The van der Waals surface area contributed by atoms with Crippen molar-refractivity contribution in [1.29, 1.82) is 0 Å². The average molecular weight is 454 g/mol. The van der Waals surface area contributed by atoms with E-state index in [-0.39, 0.29) is 0 Å². The molecule has 8 heteroatoms. The zero-order valence-electron chi connectivity index (χ0n) is 19.1. The van der Waals surface area contributed by atoms with Crippen molar-refractivity contribution in [1.82, 2.24) is 15.0 Å². The maximum Gasteiger partial charge on any atom is 0.233 e. The van der Waals surface area contributed by atoms with E-state index in [0.717, 1.165) is 49.0 Å². The van der Waals surface area contributed by atoms with E-state index in [2.05, 4.69) is 37.6 Å². The van der Waals surface area contributed by atoms with E-state index in [0.29, 0.717) is 17.8 Å². The van der Waals surface area contributed by atoms with Crippen molar-refractivity contribution < 1.29 is 4.74 Å². The third kappa shape index (κ3) is 5.17. The Kier molecular flexibility index (Phi) is 6.38. The number of ether oxygens (including phenoxy) is 1. The van der Waals surface area contributed by atoms with Gasteiger partial charge in [0.25, 0.3) is 0 Å². The maximum absolute atomic E-state index is 5.38. The fraction of sp³-hybridized carbons (Fsp3) is 0.192. The van der Waals surface area contributed by atoms with E-state index in [1.54, 1.807) is 7.11 Å². The summed E-state index contributed by atoms with van der Waals surface area (Å²) in [6.45, 7) is 3.33. The van der Waals surface area contributed by atoms with E-state index >= 15 is 0 Å². The first-order valence-electron chi connectivity index (χ1n) is 11.3. The fourth-order valence-electron chi connectivity index (χ4n) is 3.89. The van der Waals surface area contributed by atoms with E-state index in [1.807, 2.05) is 72.8 Å². The minimum absolute atomic E-state index is 0.504. The van der Waals surface area contributed by atoms with Crippen LogP contribution in [0.5, 0.6) is 5.75 Å². The number of anilines is 6. The van der Waals surface area contributed by atoms with Crippen LogP contribution < -0.4 is 25.2 Å². The number of piperazine rings is 1. The van der Waals surface area contributed by atoms with Gasteiger partial charge in [0.05, 0.1) is 7.11 Å². The highest BCUT2D eigenvalue weighted by molar-refractivity contribution is 5.60. The molecule has 1 aliphatic heterocycles. The van der Waals surface area contributed by atoms with Gasteiger partial charge in [-0.05, 0) is 36.4 Å². The molecule has 0 unspecified atom stereocenters. The highest BCUT2D eigenvalue weighted by Crippen LogP contribution is 2.25. The first-order chi connectivity index (χ1) is 16.8. The first kappa shape index (κ1) is 21.5. The summed E-state index contributed by atoms with van der Waals surface area (Å²) in [6.07, 6.45) is 0. The van der Waals surface area contributed by atoms with Crippen molar-refractivity contribution in [3.63, 3.8) is 0 Å². The Morgan fingerprint density at radius 1 is 0.647 bits per heavy atom. The van der Waals surface area contributed by atoms with Crippen LogP contribution in [0.1, 0.15) is 0 Å². The second-order valence-corrected chi connectivity index (χ2v) is 7.94. The molecule has 0 spiro atoms. The lowest BCUT2D eigenvalue weighted by molar-refractivity contribution is 0.414. The van der Waals surface area contributed by atoms with Crippen molar-refractivity contribution in [2.24, 2.45) is 0 Å². The molecular formula is C26H27N7O. The molecule has 4 aromatic rings. The van der Waals surface area contributed by atoms with Crippen molar-refractivity contribution in [2.45, 2.75) is 0 Å². The molecular weight excluding hydrogens is 426 g/mol. The Hall–Kier alpha value is -4.33. The van der Waals surface area contributed by atoms with Crippen molar-refractivity contribution >= 4 is 34.9 Å². The third-order valence-corrected chi connectivity index (χ3v) is 5.66. The summed E-state index contributed by atoms with van der Waals surface area (Å²) < 4.78 is 5.38. The Morgan fingerprint density at radius 2 is 1.21 bits per heavy atom. The predicted octanol–water partition coefficient (Wildman–Crippen LogP) is 4.69. The summed E-state index contributed by atoms with van der Waals surface area (Å²) in [5, 5.41) is 6.61. The second kappa shape index (κ2) is 10.1. The average Bonchev–Trinajstić information content (AvgIpc) is 2.90. The largest absolute Gasteiger partial charge is 0.497 e. The molecule has 2 N–H and O–H groups in total. The molecule has 0 atom stereocenters. The molecule has 0 amide bonds. The molecule has 8 nitrogen and oxygen atoms in total. The lowest BCUT2D eigenvalue weighted by Gasteiger charge is -2.36. The van der Waals surface area contributed by atoms with Gasteiger partial charge in [-0.2, -0.15) is 15.0 Å². The number of methoxy groups -OCH3 is 1. The number of hydrogen-bond acceptors (Lipinski definition) is 8. The van der Waals surface area contributed by atoms with Crippen molar-refractivity contribution in [3.05, 3.63) is 84.9 Å². The van der Waals surface area contributed by atoms with Gasteiger partial charge in [-0.1, -0.05) is 42.5 Å². The van der Waals surface area contributed by atoms with Crippen LogP contribution in [0.3, 0.4) is 0 Å². The van der Waals surface area contributed by atoms with Gasteiger partial charge in [-0.15, -0.1) is 0 Å². The smallest absolute Gasteiger partial charge is 0.233 e. The van der Waals surface area contributed by atoms with Gasteiger partial charge in [-0.25, -0.2) is 0 Å². The molecule has 3 aromatic carbocycles. The third-order valence-electron chi connectivity index (χ3n) is 5.66. The number of nitrogens with zero attached hydrogens (tertiary/aromatic N) is 5. The lowest BCUT2D eigenvalue weighted by atomic mass is 10.2. The number of hydrogen-bond donors (Lipinski definition) is 2. The van der Waals surface area contributed by atoms with Crippen molar-refractivity contribution in [3.8, 4) is 5.75 Å². The summed E-state index contributed by atoms with van der Waals surface area (Å²) >= 11 is 0. The number of benzene rings is 3.